The minimum Gasteiger partial charge on any atom is -0.422 e. The van der Waals surface area contributed by atoms with Gasteiger partial charge in [0.1, 0.15) is 11.1 Å². The van der Waals surface area contributed by atoms with E-state index in [1.54, 1.807) is 18.2 Å². The Morgan fingerprint density at radius 3 is 2.83 bits per heavy atom. The van der Waals surface area contributed by atoms with Crippen molar-refractivity contribution in [3.05, 3.63) is 69.3 Å². The second-order valence-corrected chi connectivity index (χ2v) is 5.19. The third-order valence-electron chi connectivity index (χ3n) is 3.14. The van der Waals surface area contributed by atoms with Crippen LogP contribution in [0.15, 0.2) is 51.9 Å². The number of fused-ring (bicyclic) bond motifs is 1. The molecule has 6 nitrogen and oxygen atoms in total. The molecule has 2 heterocycles. The lowest BCUT2D eigenvalue weighted by atomic mass is 10.1. The molecule has 0 fully saturated rings. The highest BCUT2D eigenvalue weighted by Gasteiger charge is 2.16. The number of hydrogen-bond acceptors (Lipinski definition) is 6. The molecule has 0 spiro atoms. The number of carbonyl (C=O) groups is 1. The number of aromatic nitrogens is 1. The van der Waals surface area contributed by atoms with Crippen molar-refractivity contribution in [2.24, 2.45) is 5.73 Å². The van der Waals surface area contributed by atoms with Crippen LogP contribution in [0, 0.1) is 0 Å². The van der Waals surface area contributed by atoms with Crippen molar-refractivity contribution in [1.29, 1.82) is 0 Å². The molecule has 0 amide bonds. The van der Waals surface area contributed by atoms with Crippen molar-refractivity contribution >= 4 is 28.5 Å². The highest BCUT2D eigenvalue weighted by molar-refractivity contribution is 6.30. The summed E-state index contributed by atoms with van der Waals surface area (Å²) in [6, 6.07) is 7.97. The first-order chi connectivity index (χ1) is 11.1. The lowest BCUT2D eigenvalue weighted by Crippen LogP contribution is -2.18. The van der Waals surface area contributed by atoms with E-state index in [1.807, 2.05) is 0 Å². The number of ether oxygens (including phenoxy) is 1. The van der Waals surface area contributed by atoms with Gasteiger partial charge in [-0.25, -0.2) is 9.59 Å². The molecule has 0 saturated carbocycles. The molecule has 0 aliphatic heterocycles. The molecule has 1 aromatic carbocycles. The van der Waals surface area contributed by atoms with Crippen LogP contribution in [-0.2, 0) is 6.54 Å². The lowest BCUT2D eigenvalue weighted by molar-refractivity contribution is 0.0730. The molecule has 23 heavy (non-hydrogen) atoms. The van der Waals surface area contributed by atoms with Gasteiger partial charge < -0.3 is 14.9 Å². The van der Waals surface area contributed by atoms with Gasteiger partial charge in [0.15, 0.2) is 5.75 Å². The Hall–Kier alpha value is -2.70. The quantitative estimate of drug-likeness (QED) is 0.585. The van der Waals surface area contributed by atoms with Gasteiger partial charge in [-0.3, -0.25) is 4.98 Å². The predicted octanol–water partition coefficient (Wildman–Crippen LogP) is 2.52. The third-order valence-corrected chi connectivity index (χ3v) is 3.35. The molecule has 3 aromatic rings. The molecule has 0 aliphatic carbocycles. The minimum atomic E-state index is -0.845. The first kappa shape index (κ1) is 15.2. The lowest BCUT2D eigenvalue weighted by Gasteiger charge is -2.05. The van der Waals surface area contributed by atoms with E-state index < -0.39 is 11.6 Å². The Morgan fingerprint density at radius 1 is 1.26 bits per heavy atom. The van der Waals surface area contributed by atoms with Gasteiger partial charge in [-0.15, -0.1) is 0 Å². The molecule has 0 radical (unpaired) electrons. The summed E-state index contributed by atoms with van der Waals surface area (Å²) in [6.45, 7) is 0.336. The fourth-order valence-corrected chi connectivity index (χ4v) is 2.22. The highest BCUT2D eigenvalue weighted by atomic mass is 35.5. The van der Waals surface area contributed by atoms with Crippen molar-refractivity contribution in [1.82, 2.24) is 4.98 Å². The van der Waals surface area contributed by atoms with Gasteiger partial charge in [-0.1, -0.05) is 17.7 Å². The second kappa shape index (κ2) is 6.20. The summed E-state index contributed by atoms with van der Waals surface area (Å²) in [6.07, 6.45) is 2.72. The SMILES string of the molecule is NCc1ccc2oc(=O)c(C(=O)Oc3cncc(Cl)c3)cc2c1. The molecule has 0 atom stereocenters. The molecule has 0 saturated heterocycles. The number of carbonyl (C=O) groups excluding carboxylic acids is 1. The van der Waals surface area contributed by atoms with E-state index in [0.717, 1.165) is 5.56 Å². The van der Waals surface area contributed by atoms with E-state index in [0.29, 0.717) is 22.5 Å². The number of esters is 1. The smallest absolute Gasteiger partial charge is 0.351 e. The van der Waals surface area contributed by atoms with Crippen LogP contribution >= 0.6 is 11.6 Å². The Bertz CT molecular complexity index is 952. The van der Waals surface area contributed by atoms with Crippen molar-refractivity contribution in [2.75, 3.05) is 0 Å². The molecular weight excluding hydrogens is 320 g/mol. The van der Waals surface area contributed by atoms with E-state index >= 15 is 0 Å². The first-order valence-electron chi connectivity index (χ1n) is 6.66. The second-order valence-electron chi connectivity index (χ2n) is 4.75. The molecule has 7 heteroatoms. The predicted molar refractivity (Wildman–Crippen MR) is 84.6 cm³/mol. The first-order valence-corrected chi connectivity index (χ1v) is 7.04. The highest BCUT2D eigenvalue weighted by Crippen LogP contribution is 2.18. The van der Waals surface area contributed by atoms with Crippen molar-refractivity contribution < 1.29 is 13.9 Å². The Labute approximate surface area is 135 Å². The van der Waals surface area contributed by atoms with Gasteiger partial charge in [0.05, 0.1) is 11.2 Å². The van der Waals surface area contributed by atoms with Crippen LogP contribution in [0.5, 0.6) is 5.75 Å². The van der Waals surface area contributed by atoms with E-state index in [1.165, 1.54) is 24.5 Å². The summed E-state index contributed by atoms with van der Waals surface area (Å²) in [4.78, 5) is 27.9. The number of halogens is 1. The van der Waals surface area contributed by atoms with Crippen LogP contribution in [0.1, 0.15) is 15.9 Å². The standard InChI is InChI=1S/C16H11ClN2O4/c17-11-5-12(8-19-7-11)22-15(20)13-4-10-3-9(6-18)1-2-14(10)23-16(13)21/h1-5,7-8H,6,18H2. The summed E-state index contributed by atoms with van der Waals surface area (Å²) in [5, 5.41) is 0.900. The van der Waals surface area contributed by atoms with Crippen LogP contribution in [-0.4, -0.2) is 11.0 Å². The van der Waals surface area contributed by atoms with Crippen LogP contribution in [0.4, 0.5) is 0 Å². The van der Waals surface area contributed by atoms with Crippen molar-refractivity contribution in [3.8, 4) is 5.75 Å². The van der Waals surface area contributed by atoms with E-state index in [2.05, 4.69) is 4.98 Å². The number of benzene rings is 1. The van der Waals surface area contributed by atoms with Gasteiger partial charge in [-0.2, -0.15) is 0 Å². The van der Waals surface area contributed by atoms with Crippen LogP contribution in [0.25, 0.3) is 11.0 Å². The fourth-order valence-electron chi connectivity index (χ4n) is 2.05. The fraction of sp³-hybridized carbons (Fsp3) is 0.0625. The maximum absolute atomic E-state index is 12.2. The molecular formula is C16H11ClN2O4. The summed E-state index contributed by atoms with van der Waals surface area (Å²) in [7, 11) is 0. The number of nitrogens with zero attached hydrogens (tertiary/aromatic N) is 1. The third kappa shape index (κ3) is 3.23. The van der Waals surface area contributed by atoms with Crippen LogP contribution in [0.2, 0.25) is 5.02 Å². The Kier molecular flexibility index (Phi) is 4.10. The van der Waals surface area contributed by atoms with Gasteiger partial charge in [-0.05, 0) is 23.8 Å². The molecule has 116 valence electrons. The number of nitrogens with two attached hydrogens (primary N) is 1. The van der Waals surface area contributed by atoms with Crippen molar-refractivity contribution in [3.63, 3.8) is 0 Å². The van der Waals surface area contributed by atoms with Gasteiger partial charge in [0.25, 0.3) is 0 Å². The largest absolute Gasteiger partial charge is 0.422 e. The molecule has 2 N–H and O–H groups in total. The number of pyridine rings is 1. The maximum Gasteiger partial charge on any atom is 0.351 e. The monoisotopic (exact) mass is 330 g/mol. The average Bonchev–Trinajstić information content (AvgIpc) is 2.53. The van der Waals surface area contributed by atoms with Gasteiger partial charge in [0, 0.05) is 24.2 Å². The zero-order valence-corrected chi connectivity index (χ0v) is 12.5. The number of rotatable bonds is 3. The normalized spacial score (nSPS) is 10.7. The topological polar surface area (TPSA) is 95.4 Å². The average molecular weight is 331 g/mol. The molecule has 2 aromatic heterocycles. The zero-order valence-electron chi connectivity index (χ0n) is 11.8. The Morgan fingerprint density at radius 2 is 2.09 bits per heavy atom. The van der Waals surface area contributed by atoms with Crippen LogP contribution < -0.4 is 16.1 Å². The zero-order chi connectivity index (χ0) is 16.4. The Balaban J connectivity index is 1.99. The van der Waals surface area contributed by atoms with Gasteiger partial charge in [0.2, 0.25) is 0 Å². The maximum atomic E-state index is 12.2. The van der Waals surface area contributed by atoms with E-state index in [4.69, 9.17) is 26.5 Å². The number of hydrogen-bond donors (Lipinski definition) is 1. The minimum absolute atomic E-state index is 0.137. The van der Waals surface area contributed by atoms with E-state index in [9.17, 15) is 9.59 Å². The van der Waals surface area contributed by atoms with Crippen molar-refractivity contribution in [2.45, 2.75) is 6.54 Å². The van der Waals surface area contributed by atoms with Gasteiger partial charge >= 0.3 is 11.6 Å². The molecule has 0 bridgehead atoms. The summed E-state index contributed by atoms with van der Waals surface area (Å²) in [5.74, 6) is -0.708. The molecule has 0 unspecified atom stereocenters. The summed E-state index contributed by atoms with van der Waals surface area (Å²) in [5.41, 5.74) is 5.81. The molecule has 0 aliphatic rings. The van der Waals surface area contributed by atoms with E-state index in [-0.39, 0.29) is 11.3 Å². The summed E-state index contributed by atoms with van der Waals surface area (Å²) >= 11 is 5.77. The summed E-state index contributed by atoms with van der Waals surface area (Å²) < 4.78 is 10.2. The molecule has 3 rings (SSSR count). The van der Waals surface area contributed by atoms with Crippen LogP contribution in [0.3, 0.4) is 0 Å².